The van der Waals surface area contributed by atoms with Crippen LogP contribution in [0.15, 0.2) is 22.7 Å². The summed E-state index contributed by atoms with van der Waals surface area (Å²) in [7, 11) is 0. The maximum Gasteiger partial charge on any atom is 0.127 e. The molecule has 0 amide bonds. The molecule has 0 radical (unpaired) electrons. The largest absolute Gasteiger partial charge is 0.313 e. The number of benzene rings is 1. The first-order valence-electron chi connectivity index (χ1n) is 7.14. The Morgan fingerprint density at radius 1 is 1.32 bits per heavy atom. The van der Waals surface area contributed by atoms with Gasteiger partial charge in [0.1, 0.15) is 5.82 Å². The molecule has 0 spiro atoms. The van der Waals surface area contributed by atoms with Crippen LogP contribution < -0.4 is 5.32 Å². The van der Waals surface area contributed by atoms with Crippen LogP contribution in [0.4, 0.5) is 4.39 Å². The van der Waals surface area contributed by atoms with Gasteiger partial charge in [0.2, 0.25) is 0 Å². The average Bonchev–Trinajstić information content (AvgIpc) is 3.12. The Bertz CT molecular complexity index is 442. The van der Waals surface area contributed by atoms with E-state index in [4.69, 9.17) is 0 Å². The Morgan fingerprint density at radius 3 is 2.84 bits per heavy atom. The molecule has 1 aliphatic carbocycles. The summed E-state index contributed by atoms with van der Waals surface area (Å²) in [5.74, 6) is -0.0896. The fourth-order valence-electron chi connectivity index (χ4n) is 2.86. The normalized spacial score (nSPS) is 23.2. The second-order valence-electron chi connectivity index (χ2n) is 5.69. The van der Waals surface area contributed by atoms with Crippen LogP contribution in [0.2, 0.25) is 0 Å². The van der Waals surface area contributed by atoms with Gasteiger partial charge in [-0.15, -0.1) is 0 Å². The summed E-state index contributed by atoms with van der Waals surface area (Å²) in [6.45, 7) is 2.92. The minimum Gasteiger partial charge on any atom is -0.313 e. The van der Waals surface area contributed by atoms with Crippen LogP contribution in [-0.2, 0) is 6.54 Å². The topological polar surface area (TPSA) is 15.3 Å². The van der Waals surface area contributed by atoms with Crippen LogP contribution in [-0.4, -0.2) is 30.1 Å². The first-order valence-corrected chi connectivity index (χ1v) is 7.93. The van der Waals surface area contributed by atoms with Crippen molar-refractivity contribution in [1.29, 1.82) is 0 Å². The molecule has 2 fully saturated rings. The monoisotopic (exact) mass is 326 g/mol. The highest BCUT2D eigenvalue weighted by atomic mass is 79.9. The van der Waals surface area contributed by atoms with Crippen molar-refractivity contribution in [3.8, 4) is 0 Å². The number of rotatable bonds is 5. The van der Waals surface area contributed by atoms with Crippen molar-refractivity contribution in [3.63, 3.8) is 0 Å². The van der Waals surface area contributed by atoms with E-state index in [1.807, 2.05) is 6.07 Å². The minimum absolute atomic E-state index is 0.0896. The third kappa shape index (κ3) is 3.56. The fourth-order valence-corrected chi connectivity index (χ4v) is 3.27. The van der Waals surface area contributed by atoms with Gasteiger partial charge in [-0.1, -0.05) is 15.9 Å². The molecule has 19 heavy (non-hydrogen) atoms. The molecule has 1 aliphatic heterocycles. The summed E-state index contributed by atoms with van der Waals surface area (Å²) in [5.41, 5.74) is 0.805. The van der Waals surface area contributed by atoms with Crippen molar-refractivity contribution in [3.05, 3.63) is 34.1 Å². The van der Waals surface area contributed by atoms with Gasteiger partial charge in [0.15, 0.2) is 0 Å². The van der Waals surface area contributed by atoms with Crippen LogP contribution in [0.1, 0.15) is 31.2 Å². The standard InChI is InChI=1S/C15H20BrFN2/c16-12-3-6-15(17)11(8-12)9-19(14-4-5-14)10-13-2-1-7-18-13/h3,6,8,13-14,18H,1-2,4-5,7,9-10H2. The number of hydrogen-bond donors (Lipinski definition) is 1. The maximum absolute atomic E-state index is 13.9. The lowest BCUT2D eigenvalue weighted by Gasteiger charge is -2.25. The van der Waals surface area contributed by atoms with E-state index in [-0.39, 0.29) is 5.82 Å². The summed E-state index contributed by atoms with van der Waals surface area (Å²) in [5, 5.41) is 3.54. The molecule has 1 saturated heterocycles. The third-order valence-electron chi connectivity index (χ3n) is 4.06. The zero-order valence-electron chi connectivity index (χ0n) is 11.0. The highest BCUT2D eigenvalue weighted by Crippen LogP contribution is 2.30. The van der Waals surface area contributed by atoms with E-state index >= 15 is 0 Å². The zero-order valence-corrected chi connectivity index (χ0v) is 12.6. The van der Waals surface area contributed by atoms with E-state index in [1.165, 1.54) is 25.7 Å². The van der Waals surface area contributed by atoms with E-state index in [9.17, 15) is 4.39 Å². The van der Waals surface area contributed by atoms with E-state index in [1.54, 1.807) is 12.1 Å². The van der Waals surface area contributed by atoms with Crippen LogP contribution in [0, 0.1) is 5.82 Å². The molecule has 0 aromatic heterocycles. The molecule has 1 unspecified atom stereocenters. The van der Waals surface area contributed by atoms with Crippen LogP contribution in [0.3, 0.4) is 0 Å². The number of nitrogens with zero attached hydrogens (tertiary/aromatic N) is 1. The quantitative estimate of drug-likeness (QED) is 0.893. The first-order chi connectivity index (χ1) is 9.22. The molecule has 1 aromatic rings. The molecule has 0 bridgehead atoms. The fraction of sp³-hybridized carbons (Fsp3) is 0.600. The predicted molar refractivity (Wildman–Crippen MR) is 78.6 cm³/mol. The molecule has 104 valence electrons. The van der Waals surface area contributed by atoms with Gasteiger partial charge in [0, 0.05) is 35.2 Å². The van der Waals surface area contributed by atoms with Crippen LogP contribution in [0.25, 0.3) is 0 Å². The Hall–Kier alpha value is -0.450. The van der Waals surface area contributed by atoms with Crippen molar-refractivity contribution < 1.29 is 4.39 Å². The van der Waals surface area contributed by atoms with Crippen LogP contribution in [0.5, 0.6) is 0 Å². The number of hydrogen-bond acceptors (Lipinski definition) is 2. The van der Waals surface area contributed by atoms with E-state index in [0.29, 0.717) is 12.1 Å². The summed E-state index contributed by atoms with van der Waals surface area (Å²) < 4.78 is 14.8. The summed E-state index contributed by atoms with van der Waals surface area (Å²) >= 11 is 3.43. The molecular formula is C15H20BrFN2. The van der Waals surface area contributed by atoms with Gasteiger partial charge in [-0.25, -0.2) is 4.39 Å². The van der Waals surface area contributed by atoms with Gasteiger partial charge < -0.3 is 5.32 Å². The van der Waals surface area contributed by atoms with Crippen molar-refractivity contribution >= 4 is 15.9 Å². The Labute approximate surface area is 122 Å². The lowest BCUT2D eigenvalue weighted by molar-refractivity contribution is 0.228. The highest BCUT2D eigenvalue weighted by Gasteiger charge is 2.31. The summed E-state index contributed by atoms with van der Waals surface area (Å²) in [6.07, 6.45) is 5.06. The number of halogens is 2. The van der Waals surface area contributed by atoms with Crippen molar-refractivity contribution in [2.75, 3.05) is 13.1 Å². The molecule has 1 heterocycles. The second kappa shape index (κ2) is 5.90. The Balaban J connectivity index is 1.68. The molecule has 4 heteroatoms. The minimum atomic E-state index is -0.0896. The maximum atomic E-state index is 13.9. The molecule has 2 nitrogen and oxygen atoms in total. The van der Waals surface area contributed by atoms with E-state index in [0.717, 1.165) is 29.7 Å². The van der Waals surface area contributed by atoms with Crippen molar-refractivity contribution in [2.45, 2.75) is 44.3 Å². The number of nitrogens with one attached hydrogen (secondary N) is 1. The molecule has 1 aromatic carbocycles. The second-order valence-corrected chi connectivity index (χ2v) is 6.61. The van der Waals surface area contributed by atoms with Gasteiger partial charge >= 0.3 is 0 Å². The van der Waals surface area contributed by atoms with Gasteiger partial charge in [-0.05, 0) is 50.4 Å². The summed E-state index contributed by atoms with van der Waals surface area (Å²) in [4.78, 5) is 2.45. The van der Waals surface area contributed by atoms with E-state index in [2.05, 4.69) is 26.1 Å². The molecule has 1 N–H and O–H groups in total. The Kier molecular flexibility index (Phi) is 4.20. The molecule has 3 rings (SSSR count). The third-order valence-corrected chi connectivity index (χ3v) is 4.55. The summed E-state index contributed by atoms with van der Waals surface area (Å²) in [6, 6.07) is 6.49. The lowest BCUT2D eigenvalue weighted by atomic mass is 10.1. The SMILES string of the molecule is Fc1ccc(Br)cc1CN(CC1CCCN1)C1CC1. The van der Waals surface area contributed by atoms with E-state index < -0.39 is 0 Å². The molecule has 2 aliphatic rings. The zero-order chi connectivity index (χ0) is 13.2. The Morgan fingerprint density at radius 2 is 2.16 bits per heavy atom. The lowest BCUT2D eigenvalue weighted by Crippen LogP contribution is -2.38. The molecule has 1 saturated carbocycles. The van der Waals surface area contributed by atoms with Crippen LogP contribution >= 0.6 is 15.9 Å². The molecule has 1 atom stereocenters. The molecular weight excluding hydrogens is 307 g/mol. The smallest absolute Gasteiger partial charge is 0.127 e. The first kappa shape index (κ1) is 13.5. The van der Waals surface area contributed by atoms with Crippen molar-refractivity contribution in [2.24, 2.45) is 0 Å². The highest BCUT2D eigenvalue weighted by molar-refractivity contribution is 9.10. The van der Waals surface area contributed by atoms with Gasteiger partial charge in [0.25, 0.3) is 0 Å². The van der Waals surface area contributed by atoms with Gasteiger partial charge in [-0.3, -0.25) is 4.90 Å². The van der Waals surface area contributed by atoms with Gasteiger partial charge in [0.05, 0.1) is 0 Å². The van der Waals surface area contributed by atoms with Gasteiger partial charge in [-0.2, -0.15) is 0 Å². The van der Waals surface area contributed by atoms with Crippen molar-refractivity contribution in [1.82, 2.24) is 10.2 Å². The average molecular weight is 327 g/mol. The predicted octanol–water partition coefficient (Wildman–Crippen LogP) is 3.30.